The molecule has 14 heteroatoms. The van der Waals surface area contributed by atoms with Gasteiger partial charge in [0, 0.05) is 13.1 Å². The monoisotopic (exact) mass is 620 g/mol. The fourth-order valence-corrected chi connectivity index (χ4v) is 7.21. The number of aliphatic carboxylic acids is 2. The highest BCUT2D eigenvalue weighted by molar-refractivity contribution is 7.89. The summed E-state index contributed by atoms with van der Waals surface area (Å²) >= 11 is 0. The number of carboxylic acids is 2. The summed E-state index contributed by atoms with van der Waals surface area (Å²) < 4.78 is 66.3. The molecule has 3 aromatic carbocycles. The third kappa shape index (κ3) is 7.07. The summed E-state index contributed by atoms with van der Waals surface area (Å²) in [6, 6.07) is 14.1. The second-order valence-corrected chi connectivity index (χ2v) is 13.0. The summed E-state index contributed by atoms with van der Waals surface area (Å²) in [5.41, 5.74) is 0.574. The Morgan fingerprint density at radius 3 is 1.21 bits per heavy atom. The van der Waals surface area contributed by atoms with Gasteiger partial charge in [-0.15, -0.1) is 0 Å². The number of methoxy groups -OCH3 is 2. The number of nitrogens with zero attached hydrogens (tertiary/aromatic N) is 2. The number of carboxylic acid groups (broad SMARTS) is 2. The molecule has 0 aliphatic carbocycles. The zero-order chi connectivity index (χ0) is 31.2. The minimum absolute atomic E-state index is 0.169. The van der Waals surface area contributed by atoms with E-state index in [-0.39, 0.29) is 20.9 Å². The van der Waals surface area contributed by atoms with E-state index in [0.29, 0.717) is 11.5 Å². The first-order valence-electron chi connectivity index (χ1n) is 12.6. The number of sulfonamides is 2. The molecule has 0 saturated carbocycles. The molecule has 0 saturated heterocycles. The zero-order valence-corrected chi connectivity index (χ0v) is 25.0. The van der Waals surface area contributed by atoms with Crippen LogP contribution in [0.5, 0.6) is 11.5 Å². The standard InChI is InChI=1S/C28H32N2O10S2/c1-19(27(31)32)29(41(35,36)25-13-9-23(39-3)10-14-25)17-21-7-5-6-8-22(21)18-30(20(2)28(33)34)42(37,38)26-15-11-24(40-4)12-16-26/h5-16,19-20H,17-18H2,1-4H3,(H,31,32)(H,33,34)/t19-,20-/m0/s1. The fraction of sp³-hybridized carbons (Fsp3) is 0.286. The van der Waals surface area contributed by atoms with Crippen LogP contribution in [0.1, 0.15) is 25.0 Å². The van der Waals surface area contributed by atoms with Gasteiger partial charge in [-0.05, 0) is 73.5 Å². The van der Waals surface area contributed by atoms with E-state index in [0.717, 1.165) is 8.61 Å². The summed E-state index contributed by atoms with van der Waals surface area (Å²) in [5, 5.41) is 19.5. The fourth-order valence-electron chi connectivity index (χ4n) is 4.07. The first kappa shape index (κ1) is 32.5. The van der Waals surface area contributed by atoms with E-state index in [1.165, 1.54) is 88.7 Å². The number of ether oxygens (including phenoxy) is 2. The van der Waals surface area contributed by atoms with Crippen molar-refractivity contribution in [1.82, 2.24) is 8.61 Å². The van der Waals surface area contributed by atoms with Gasteiger partial charge < -0.3 is 19.7 Å². The molecule has 2 N–H and O–H groups in total. The maximum absolute atomic E-state index is 13.6. The predicted molar refractivity (Wildman–Crippen MR) is 152 cm³/mol. The van der Waals surface area contributed by atoms with Crippen LogP contribution in [0, 0.1) is 0 Å². The lowest BCUT2D eigenvalue weighted by Crippen LogP contribution is -2.44. The van der Waals surface area contributed by atoms with Crippen molar-refractivity contribution in [2.24, 2.45) is 0 Å². The quantitative estimate of drug-likeness (QED) is 0.273. The maximum Gasteiger partial charge on any atom is 0.321 e. The van der Waals surface area contributed by atoms with Gasteiger partial charge >= 0.3 is 11.9 Å². The average molecular weight is 621 g/mol. The van der Waals surface area contributed by atoms with Gasteiger partial charge in [0.25, 0.3) is 0 Å². The van der Waals surface area contributed by atoms with Crippen molar-refractivity contribution in [3.63, 3.8) is 0 Å². The Morgan fingerprint density at radius 2 is 0.952 bits per heavy atom. The summed E-state index contributed by atoms with van der Waals surface area (Å²) in [4.78, 5) is 23.6. The molecule has 0 bridgehead atoms. The molecule has 226 valence electrons. The summed E-state index contributed by atoms with van der Waals surface area (Å²) in [7, 11) is -5.89. The van der Waals surface area contributed by atoms with Gasteiger partial charge in [-0.2, -0.15) is 8.61 Å². The van der Waals surface area contributed by atoms with E-state index in [1.54, 1.807) is 12.1 Å². The zero-order valence-electron chi connectivity index (χ0n) is 23.4. The van der Waals surface area contributed by atoms with Gasteiger partial charge in [0.1, 0.15) is 23.6 Å². The van der Waals surface area contributed by atoms with Crippen molar-refractivity contribution in [1.29, 1.82) is 0 Å². The number of benzene rings is 3. The molecular weight excluding hydrogens is 588 g/mol. The lowest BCUT2D eigenvalue weighted by atomic mass is 10.1. The average Bonchev–Trinajstić information content (AvgIpc) is 2.98. The van der Waals surface area contributed by atoms with Crippen LogP contribution >= 0.6 is 0 Å². The molecule has 0 radical (unpaired) electrons. The lowest BCUT2D eigenvalue weighted by molar-refractivity contribution is -0.142. The molecular formula is C28H32N2O10S2. The summed E-state index contributed by atoms with van der Waals surface area (Å²) in [6.07, 6.45) is 0. The van der Waals surface area contributed by atoms with E-state index in [4.69, 9.17) is 9.47 Å². The third-order valence-corrected chi connectivity index (χ3v) is 10.5. The van der Waals surface area contributed by atoms with Crippen LogP contribution in [-0.4, -0.2) is 73.9 Å². The van der Waals surface area contributed by atoms with Crippen molar-refractivity contribution in [3.8, 4) is 11.5 Å². The molecule has 0 spiro atoms. The van der Waals surface area contributed by atoms with Crippen LogP contribution < -0.4 is 9.47 Å². The van der Waals surface area contributed by atoms with Crippen molar-refractivity contribution in [3.05, 3.63) is 83.9 Å². The van der Waals surface area contributed by atoms with Crippen molar-refractivity contribution < 1.29 is 46.1 Å². The topological polar surface area (TPSA) is 168 Å². The third-order valence-electron chi connectivity index (χ3n) is 6.68. The van der Waals surface area contributed by atoms with Crippen molar-refractivity contribution in [2.75, 3.05) is 14.2 Å². The first-order chi connectivity index (χ1) is 19.7. The van der Waals surface area contributed by atoms with Crippen molar-refractivity contribution in [2.45, 2.75) is 48.8 Å². The van der Waals surface area contributed by atoms with Gasteiger partial charge in [-0.3, -0.25) is 9.59 Å². The van der Waals surface area contributed by atoms with Crippen LogP contribution in [0.25, 0.3) is 0 Å². The van der Waals surface area contributed by atoms with E-state index in [1.807, 2.05) is 0 Å². The minimum Gasteiger partial charge on any atom is -0.497 e. The van der Waals surface area contributed by atoms with Crippen LogP contribution in [-0.2, 0) is 42.7 Å². The summed E-state index contributed by atoms with van der Waals surface area (Å²) in [5.74, 6) is -1.98. The first-order valence-corrected chi connectivity index (χ1v) is 15.5. The maximum atomic E-state index is 13.6. The van der Waals surface area contributed by atoms with Gasteiger partial charge in [0.15, 0.2) is 0 Å². The van der Waals surface area contributed by atoms with E-state index >= 15 is 0 Å². The molecule has 0 unspecified atom stereocenters. The second-order valence-electron chi connectivity index (χ2n) is 9.25. The Labute approximate surface area is 244 Å². The second kappa shape index (κ2) is 13.3. The number of carbonyl (C=O) groups is 2. The van der Waals surface area contributed by atoms with E-state index in [9.17, 15) is 36.6 Å². The molecule has 0 heterocycles. The predicted octanol–water partition coefficient (Wildman–Crippen LogP) is 3.03. The molecule has 3 rings (SSSR count). The molecule has 0 aliphatic rings. The molecule has 12 nitrogen and oxygen atoms in total. The highest BCUT2D eigenvalue weighted by Gasteiger charge is 2.36. The van der Waals surface area contributed by atoms with Crippen LogP contribution in [0.3, 0.4) is 0 Å². The normalized spacial score (nSPS) is 13.5. The molecule has 0 aromatic heterocycles. The Balaban J connectivity index is 2.07. The van der Waals surface area contributed by atoms with Gasteiger partial charge in [0.2, 0.25) is 20.0 Å². The van der Waals surface area contributed by atoms with Crippen LogP contribution in [0.4, 0.5) is 0 Å². The SMILES string of the molecule is COc1ccc(S(=O)(=O)N(Cc2ccccc2CN([C@@H](C)C(=O)O)S(=O)(=O)c2ccc(OC)cc2)[C@@H](C)C(=O)O)cc1. The molecule has 0 amide bonds. The molecule has 2 atom stereocenters. The van der Waals surface area contributed by atoms with Gasteiger partial charge in [-0.25, -0.2) is 16.8 Å². The molecule has 42 heavy (non-hydrogen) atoms. The number of hydrogen-bond donors (Lipinski definition) is 2. The molecule has 0 fully saturated rings. The van der Waals surface area contributed by atoms with Crippen LogP contribution in [0.2, 0.25) is 0 Å². The van der Waals surface area contributed by atoms with Crippen LogP contribution in [0.15, 0.2) is 82.6 Å². The lowest BCUT2D eigenvalue weighted by Gasteiger charge is -2.29. The molecule has 0 aliphatic heterocycles. The van der Waals surface area contributed by atoms with E-state index in [2.05, 4.69) is 0 Å². The highest BCUT2D eigenvalue weighted by Crippen LogP contribution is 2.28. The summed E-state index contributed by atoms with van der Waals surface area (Å²) in [6.45, 7) is 1.57. The van der Waals surface area contributed by atoms with E-state index < -0.39 is 57.2 Å². The Morgan fingerprint density at radius 1 is 0.643 bits per heavy atom. The largest absolute Gasteiger partial charge is 0.497 e. The highest BCUT2D eigenvalue weighted by atomic mass is 32.2. The van der Waals surface area contributed by atoms with Gasteiger partial charge in [-0.1, -0.05) is 24.3 Å². The Bertz CT molecular complexity index is 1500. The molecule has 3 aromatic rings. The number of rotatable bonds is 14. The Kier molecular flexibility index (Phi) is 10.3. The van der Waals surface area contributed by atoms with Crippen molar-refractivity contribution >= 4 is 32.0 Å². The van der Waals surface area contributed by atoms with Gasteiger partial charge in [0.05, 0.1) is 24.0 Å². The smallest absolute Gasteiger partial charge is 0.321 e. The Hall–Kier alpha value is -3.98. The minimum atomic E-state index is -4.36. The number of hydrogen-bond acceptors (Lipinski definition) is 8.